The highest BCUT2D eigenvalue weighted by Crippen LogP contribution is 2.46. The van der Waals surface area contributed by atoms with Crippen LogP contribution in [0.5, 0.6) is 0 Å². The molecule has 3 N–H and O–H groups in total. The van der Waals surface area contributed by atoms with E-state index in [9.17, 15) is 41.0 Å². The van der Waals surface area contributed by atoms with E-state index in [1.807, 2.05) is 0 Å². The zero-order valence-corrected chi connectivity index (χ0v) is 15.7. The summed E-state index contributed by atoms with van der Waals surface area (Å²) in [6.45, 7) is 0.586. The predicted octanol–water partition coefficient (Wildman–Crippen LogP) is 3.51. The number of rotatable bonds is 5. The standard InChI is InChI=1S/C18H18F6N2O4/c1-3-16(15(28)29)13(10-6-4-5-7-11(10)18(22,23)24)12(9(2)25-26-16)14(27)30-8-17(19,20)21/h4-7,13,25-26H,3,8H2,1-2H3,(H,28,29). The van der Waals surface area contributed by atoms with Gasteiger partial charge in [-0.15, -0.1) is 0 Å². The lowest BCUT2D eigenvalue weighted by atomic mass is 9.70. The highest BCUT2D eigenvalue weighted by Gasteiger charge is 2.54. The van der Waals surface area contributed by atoms with Crippen LogP contribution in [0.4, 0.5) is 26.3 Å². The average molecular weight is 440 g/mol. The molecule has 0 saturated carbocycles. The lowest BCUT2D eigenvalue weighted by Gasteiger charge is -2.43. The Hall–Kier alpha value is -2.76. The molecule has 0 radical (unpaired) electrons. The first-order valence-electron chi connectivity index (χ1n) is 8.62. The molecule has 166 valence electrons. The van der Waals surface area contributed by atoms with E-state index in [0.717, 1.165) is 12.1 Å². The van der Waals surface area contributed by atoms with Crippen LogP contribution >= 0.6 is 0 Å². The lowest BCUT2D eigenvalue weighted by molar-refractivity contribution is -0.184. The van der Waals surface area contributed by atoms with Gasteiger partial charge < -0.3 is 15.3 Å². The van der Waals surface area contributed by atoms with Crippen molar-refractivity contribution in [2.45, 2.75) is 44.1 Å². The summed E-state index contributed by atoms with van der Waals surface area (Å²) < 4.78 is 82.6. The number of carbonyl (C=O) groups is 2. The van der Waals surface area contributed by atoms with Gasteiger partial charge in [-0.1, -0.05) is 25.1 Å². The molecular weight excluding hydrogens is 422 g/mol. The van der Waals surface area contributed by atoms with Gasteiger partial charge in [-0.05, 0) is 25.0 Å². The minimum absolute atomic E-state index is 0.158. The van der Waals surface area contributed by atoms with Crippen molar-refractivity contribution >= 4 is 11.9 Å². The Morgan fingerprint density at radius 1 is 1.17 bits per heavy atom. The second-order valence-electron chi connectivity index (χ2n) is 6.63. The number of alkyl halides is 6. The minimum Gasteiger partial charge on any atom is -0.480 e. The Morgan fingerprint density at radius 2 is 1.77 bits per heavy atom. The van der Waals surface area contributed by atoms with Gasteiger partial charge in [-0.3, -0.25) is 4.79 Å². The van der Waals surface area contributed by atoms with Gasteiger partial charge in [0.25, 0.3) is 0 Å². The molecule has 6 nitrogen and oxygen atoms in total. The third kappa shape index (κ3) is 4.53. The lowest BCUT2D eigenvalue weighted by Crippen LogP contribution is -2.64. The topological polar surface area (TPSA) is 87.7 Å². The van der Waals surface area contributed by atoms with Crippen molar-refractivity contribution in [1.82, 2.24) is 10.9 Å². The van der Waals surface area contributed by atoms with Crippen molar-refractivity contribution in [3.8, 4) is 0 Å². The molecule has 30 heavy (non-hydrogen) atoms. The van der Waals surface area contributed by atoms with Gasteiger partial charge >= 0.3 is 24.3 Å². The smallest absolute Gasteiger partial charge is 0.422 e. The zero-order chi connectivity index (χ0) is 22.9. The van der Waals surface area contributed by atoms with Crippen LogP contribution in [0, 0.1) is 0 Å². The average Bonchev–Trinajstić information content (AvgIpc) is 2.64. The van der Waals surface area contributed by atoms with Crippen molar-refractivity contribution in [2.75, 3.05) is 6.61 Å². The maximum absolute atomic E-state index is 13.6. The summed E-state index contributed by atoms with van der Waals surface area (Å²) in [6, 6.07) is 3.97. The third-order valence-corrected chi connectivity index (χ3v) is 4.76. The SMILES string of the molecule is CCC1(C(=O)O)NNC(C)=C(C(=O)OCC(F)(F)F)C1c1ccccc1C(F)(F)F. The number of nitrogens with one attached hydrogen (secondary N) is 2. The van der Waals surface area contributed by atoms with E-state index in [1.165, 1.54) is 19.9 Å². The highest BCUT2D eigenvalue weighted by atomic mass is 19.4. The summed E-state index contributed by atoms with van der Waals surface area (Å²) in [6.07, 6.45) is -10.1. The number of carbonyl (C=O) groups excluding carboxylic acids is 1. The van der Waals surface area contributed by atoms with Gasteiger partial charge in [-0.25, -0.2) is 10.2 Å². The summed E-state index contributed by atoms with van der Waals surface area (Å²) in [5.74, 6) is -4.97. The fourth-order valence-corrected chi connectivity index (χ4v) is 3.35. The van der Waals surface area contributed by atoms with Gasteiger partial charge in [0.15, 0.2) is 6.61 Å². The first-order valence-corrected chi connectivity index (χ1v) is 8.62. The highest BCUT2D eigenvalue weighted by molar-refractivity contribution is 5.95. The van der Waals surface area contributed by atoms with E-state index in [4.69, 9.17) is 0 Å². The first-order chi connectivity index (χ1) is 13.7. The second kappa shape index (κ2) is 8.17. The molecule has 0 fully saturated rings. The molecule has 1 aliphatic heterocycles. The molecule has 0 amide bonds. The summed E-state index contributed by atoms with van der Waals surface area (Å²) in [7, 11) is 0. The fraction of sp³-hybridized carbons (Fsp3) is 0.444. The molecule has 1 aliphatic rings. The van der Waals surface area contributed by atoms with E-state index in [-0.39, 0.29) is 12.1 Å². The fourth-order valence-electron chi connectivity index (χ4n) is 3.35. The number of benzene rings is 1. The molecule has 2 unspecified atom stereocenters. The Bertz CT molecular complexity index is 865. The molecule has 0 aromatic heterocycles. The Balaban J connectivity index is 2.74. The maximum Gasteiger partial charge on any atom is 0.422 e. The van der Waals surface area contributed by atoms with Gasteiger partial charge in [-0.2, -0.15) is 26.3 Å². The molecule has 12 heteroatoms. The van der Waals surface area contributed by atoms with Crippen LogP contribution in [0.1, 0.15) is 37.3 Å². The van der Waals surface area contributed by atoms with E-state index in [0.29, 0.717) is 6.07 Å². The third-order valence-electron chi connectivity index (χ3n) is 4.76. The van der Waals surface area contributed by atoms with Crippen LogP contribution in [0.3, 0.4) is 0 Å². The first kappa shape index (κ1) is 23.5. The van der Waals surface area contributed by atoms with Crippen LogP contribution in [0.15, 0.2) is 35.5 Å². The van der Waals surface area contributed by atoms with Crippen LogP contribution in [-0.2, 0) is 20.5 Å². The number of esters is 1. The molecule has 2 rings (SSSR count). The number of allylic oxidation sites excluding steroid dienone is 1. The molecule has 0 aliphatic carbocycles. The van der Waals surface area contributed by atoms with Crippen LogP contribution < -0.4 is 10.9 Å². The molecule has 2 atom stereocenters. The number of hydrogen-bond acceptors (Lipinski definition) is 5. The number of hydrogen-bond donors (Lipinski definition) is 3. The van der Waals surface area contributed by atoms with Crippen molar-refractivity contribution in [3.63, 3.8) is 0 Å². The van der Waals surface area contributed by atoms with Gasteiger partial charge in [0.2, 0.25) is 0 Å². The number of hydrazine groups is 1. The number of ether oxygens (including phenoxy) is 1. The monoisotopic (exact) mass is 440 g/mol. The van der Waals surface area contributed by atoms with Gasteiger partial charge in [0.05, 0.1) is 11.1 Å². The number of halogens is 6. The Labute approximate surface area is 166 Å². The largest absolute Gasteiger partial charge is 0.480 e. The molecule has 1 aromatic carbocycles. The summed E-state index contributed by atoms with van der Waals surface area (Å²) >= 11 is 0. The summed E-state index contributed by atoms with van der Waals surface area (Å²) in [4.78, 5) is 24.6. The van der Waals surface area contributed by atoms with Gasteiger partial charge in [0, 0.05) is 11.6 Å². The van der Waals surface area contributed by atoms with Crippen molar-refractivity contribution in [2.24, 2.45) is 0 Å². The van der Waals surface area contributed by atoms with E-state index in [1.54, 1.807) is 0 Å². The second-order valence-corrected chi connectivity index (χ2v) is 6.63. The summed E-state index contributed by atoms with van der Waals surface area (Å²) in [5, 5.41) is 9.82. The number of aliphatic carboxylic acids is 1. The molecule has 0 bridgehead atoms. The van der Waals surface area contributed by atoms with Crippen LogP contribution in [0.2, 0.25) is 0 Å². The van der Waals surface area contributed by atoms with E-state index >= 15 is 0 Å². The zero-order valence-electron chi connectivity index (χ0n) is 15.7. The Kier molecular flexibility index (Phi) is 6.40. The van der Waals surface area contributed by atoms with E-state index in [2.05, 4.69) is 15.6 Å². The maximum atomic E-state index is 13.6. The van der Waals surface area contributed by atoms with Crippen LogP contribution in [-0.4, -0.2) is 35.4 Å². The molecular formula is C18H18F6N2O4. The molecule has 1 aromatic rings. The molecule has 0 spiro atoms. The van der Waals surface area contributed by atoms with Crippen LogP contribution in [0.25, 0.3) is 0 Å². The molecule has 1 heterocycles. The normalized spacial score (nSPS) is 22.5. The van der Waals surface area contributed by atoms with Crippen molar-refractivity contribution < 1.29 is 45.8 Å². The predicted molar refractivity (Wildman–Crippen MR) is 90.8 cm³/mol. The van der Waals surface area contributed by atoms with Gasteiger partial charge in [0.1, 0.15) is 5.54 Å². The summed E-state index contributed by atoms with van der Waals surface area (Å²) in [5.41, 5.74) is 0.0191. The van der Waals surface area contributed by atoms with Crippen molar-refractivity contribution in [1.29, 1.82) is 0 Å². The number of carboxylic acid groups (broad SMARTS) is 1. The van der Waals surface area contributed by atoms with E-state index < -0.39 is 59.1 Å². The quantitative estimate of drug-likeness (QED) is 0.480. The Morgan fingerprint density at radius 3 is 2.27 bits per heavy atom. The number of carboxylic acids is 1. The molecule has 0 saturated heterocycles. The van der Waals surface area contributed by atoms with Crippen molar-refractivity contribution in [3.05, 3.63) is 46.7 Å². The minimum atomic E-state index is -4.91.